The lowest BCUT2D eigenvalue weighted by atomic mass is 9.94. The maximum absolute atomic E-state index is 10.1. The van der Waals surface area contributed by atoms with Crippen LogP contribution in [0.2, 0.25) is 0 Å². The van der Waals surface area contributed by atoms with E-state index in [0.717, 1.165) is 18.9 Å². The number of nitrogens with zero attached hydrogens (tertiary/aromatic N) is 1. The topological polar surface area (TPSA) is 69.7 Å². The van der Waals surface area contributed by atoms with Crippen LogP contribution in [0.3, 0.4) is 0 Å². The number of rotatable bonds is 15. The van der Waals surface area contributed by atoms with Crippen LogP contribution >= 0.6 is 0 Å². The molecule has 0 aliphatic heterocycles. The average Bonchev–Trinajstić information content (AvgIpc) is 2.68. The summed E-state index contributed by atoms with van der Waals surface area (Å²) in [6, 6.07) is 0.916. The Morgan fingerprint density at radius 1 is 0.786 bits per heavy atom. The highest BCUT2D eigenvalue weighted by Crippen LogP contribution is 2.21. The quantitative estimate of drug-likeness (QED) is 0.183. The fourth-order valence-electron chi connectivity index (χ4n) is 3.94. The van der Waals surface area contributed by atoms with Crippen molar-refractivity contribution in [1.82, 2.24) is 4.90 Å². The SMILES string of the molecule is CCCCCCCCCCCCOS(=O)(=O)[O-].CCN(CC)C1CCCCC1. The molecule has 0 bridgehead atoms. The summed E-state index contributed by atoms with van der Waals surface area (Å²) in [4.78, 5) is 2.61. The van der Waals surface area contributed by atoms with E-state index in [2.05, 4.69) is 29.9 Å². The Hall–Kier alpha value is -0.170. The van der Waals surface area contributed by atoms with Crippen molar-refractivity contribution in [1.29, 1.82) is 0 Å². The van der Waals surface area contributed by atoms with Crippen molar-refractivity contribution >= 4 is 10.4 Å². The van der Waals surface area contributed by atoms with E-state index in [1.807, 2.05) is 0 Å². The van der Waals surface area contributed by atoms with Gasteiger partial charge in [-0.3, -0.25) is 4.18 Å². The minimum absolute atomic E-state index is 0.0301. The predicted molar refractivity (Wildman–Crippen MR) is 117 cm³/mol. The summed E-state index contributed by atoms with van der Waals surface area (Å²) in [5.41, 5.74) is 0. The summed E-state index contributed by atoms with van der Waals surface area (Å²) in [7, 11) is -4.48. The van der Waals surface area contributed by atoms with Gasteiger partial charge in [-0.1, -0.05) is 97.8 Å². The Balaban J connectivity index is 0.000000567. The third-order valence-corrected chi connectivity index (χ3v) is 6.08. The molecule has 1 saturated carbocycles. The van der Waals surface area contributed by atoms with Gasteiger partial charge in [0.25, 0.3) is 0 Å². The van der Waals surface area contributed by atoms with Crippen LogP contribution in [0.4, 0.5) is 0 Å². The standard InChI is InChI=1S/C12H26O4S.C10H21N/c1-2-3-4-5-6-7-8-9-10-11-12-16-17(13,14)15;1-3-11(4-2)10-8-6-5-7-9-10/h2-12H2,1H3,(H,13,14,15);10H,3-9H2,1-2H3/p-1. The summed E-state index contributed by atoms with van der Waals surface area (Å²) < 4.78 is 34.5. The largest absolute Gasteiger partial charge is 0.726 e. The Kier molecular flexibility index (Phi) is 18.7. The normalized spacial score (nSPS) is 15.5. The van der Waals surface area contributed by atoms with E-state index in [-0.39, 0.29) is 6.61 Å². The Morgan fingerprint density at radius 3 is 1.68 bits per heavy atom. The minimum Gasteiger partial charge on any atom is -0.726 e. The van der Waals surface area contributed by atoms with E-state index in [1.165, 1.54) is 90.1 Å². The smallest absolute Gasteiger partial charge is 0.217 e. The number of hydrogen-bond acceptors (Lipinski definition) is 5. The van der Waals surface area contributed by atoms with E-state index in [9.17, 15) is 13.0 Å². The number of unbranched alkanes of at least 4 members (excludes halogenated alkanes) is 9. The highest BCUT2D eigenvalue weighted by Gasteiger charge is 2.17. The summed E-state index contributed by atoms with van der Waals surface area (Å²) in [5, 5.41) is 0. The van der Waals surface area contributed by atoms with Gasteiger partial charge in [0.1, 0.15) is 0 Å². The van der Waals surface area contributed by atoms with Crippen LogP contribution in [0.1, 0.15) is 117 Å². The van der Waals surface area contributed by atoms with Gasteiger partial charge >= 0.3 is 0 Å². The second kappa shape index (κ2) is 18.8. The second-order valence-electron chi connectivity index (χ2n) is 7.93. The minimum atomic E-state index is -4.48. The molecule has 0 aromatic carbocycles. The fraction of sp³-hybridized carbons (Fsp3) is 1.00. The van der Waals surface area contributed by atoms with Gasteiger partial charge in [0.15, 0.2) is 0 Å². The molecule has 0 saturated heterocycles. The van der Waals surface area contributed by atoms with Gasteiger partial charge in [-0.25, -0.2) is 8.42 Å². The van der Waals surface area contributed by atoms with Crippen LogP contribution < -0.4 is 0 Å². The van der Waals surface area contributed by atoms with Crippen molar-refractivity contribution < 1.29 is 17.2 Å². The highest BCUT2D eigenvalue weighted by atomic mass is 32.3. The first-order valence-corrected chi connectivity index (χ1v) is 13.1. The van der Waals surface area contributed by atoms with Gasteiger partial charge in [0.05, 0.1) is 6.61 Å². The highest BCUT2D eigenvalue weighted by molar-refractivity contribution is 7.80. The Labute approximate surface area is 175 Å². The monoisotopic (exact) mass is 420 g/mol. The first kappa shape index (κ1) is 27.8. The third kappa shape index (κ3) is 17.9. The third-order valence-electron chi connectivity index (χ3n) is 5.63. The zero-order valence-electron chi connectivity index (χ0n) is 18.8. The maximum atomic E-state index is 10.1. The van der Waals surface area contributed by atoms with Gasteiger partial charge in [-0.2, -0.15) is 0 Å². The molecule has 0 unspecified atom stereocenters. The van der Waals surface area contributed by atoms with E-state index in [1.54, 1.807) is 0 Å². The molecule has 0 heterocycles. The zero-order chi connectivity index (χ0) is 21.1. The van der Waals surface area contributed by atoms with Gasteiger partial charge < -0.3 is 9.45 Å². The van der Waals surface area contributed by atoms with Gasteiger partial charge in [-0.15, -0.1) is 0 Å². The summed E-state index contributed by atoms with van der Waals surface area (Å²) in [6.07, 6.45) is 19.0. The molecule has 0 amide bonds. The van der Waals surface area contributed by atoms with Crippen LogP contribution in [0.5, 0.6) is 0 Å². The van der Waals surface area contributed by atoms with Crippen LogP contribution in [0, 0.1) is 0 Å². The molecule has 1 aliphatic carbocycles. The number of hydrogen-bond donors (Lipinski definition) is 0. The Bertz CT molecular complexity index is 418. The molecule has 0 spiro atoms. The lowest BCUT2D eigenvalue weighted by Gasteiger charge is -2.32. The van der Waals surface area contributed by atoms with Crippen molar-refractivity contribution in [3.63, 3.8) is 0 Å². The summed E-state index contributed by atoms with van der Waals surface area (Å²) in [6.45, 7) is 9.27. The van der Waals surface area contributed by atoms with Crippen LogP contribution in [-0.2, 0) is 14.6 Å². The zero-order valence-corrected chi connectivity index (χ0v) is 19.6. The molecule has 28 heavy (non-hydrogen) atoms. The molecular formula is C22H46NO4S-. The van der Waals surface area contributed by atoms with Gasteiger partial charge in [0.2, 0.25) is 10.4 Å². The van der Waals surface area contributed by atoms with E-state index in [0.29, 0.717) is 6.42 Å². The Morgan fingerprint density at radius 2 is 1.25 bits per heavy atom. The lowest BCUT2D eigenvalue weighted by molar-refractivity contribution is 0.172. The molecule has 0 radical (unpaired) electrons. The molecule has 0 aromatic heterocycles. The van der Waals surface area contributed by atoms with Gasteiger partial charge in [-0.05, 0) is 32.4 Å². The average molecular weight is 421 g/mol. The van der Waals surface area contributed by atoms with E-state index >= 15 is 0 Å². The van der Waals surface area contributed by atoms with Crippen LogP contribution in [0.15, 0.2) is 0 Å². The molecule has 0 aromatic rings. The van der Waals surface area contributed by atoms with E-state index < -0.39 is 10.4 Å². The van der Waals surface area contributed by atoms with Crippen molar-refractivity contribution in [2.24, 2.45) is 0 Å². The van der Waals surface area contributed by atoms with Crippen LogP contribution in [0.25, 0.3) is 0 Å². The van der Waals surface area contributed by atoms with Gasteiger partial charge in [0, 0.05) is 6.04 Å². The molecule has 1 aliphatic rings. The summed E-state index contributed by atoms with van der Waals surface area (Å²) in [5.74, 6) is 0. The predicted octanol–water partition coefficient (Wildman–Crippen LogP) is 6.05. The molecule has 1 fully saturated rings. The van der Waals surface area contributed by atoms with Crippen molar-refractivity contribution in [3.8, 4) is 0 Å². The van der Waals surface area contributed by atoms with Crippen molar-refractivity contribution in [2.45, 2.75) is 123 Å². The van der Waals surface area contributed by atoms with Crippen molar-refractivity contribution in [3.05, 3.63) is 0 Å². The first-order chi connectivity index (χ1) is 13.4. The lowest BCUT2D eigenvalue weighted by Crippen LogP contribution is -2.36. The fourth-order valence-corrected chi connectivity index (χ4v) is 4.26. The van der Waals surface area contributed by atoms with Crippen molar-refractivity contribution in [2.75, 3.05) is 19.7 Å². The molecule has 0 atom stereocenters. The first-order valence-electron chi connectivity index (χ1n) is 11.8. The maximum Gasteiger partial charge on any atom is 0.217 e. The molecular weight excluding hydrogens is 374 g/mol. The molecule has 6 heteroatoms. The van der Waals surface area contributed by atoms with E-state index in [4.69, 9.17) is 0 Å². The molecule has 5 nitrogen and oxygen atoms in total. The molecule has 1 rings (SSSR count). The molecule has 170 valence electrons. The molecule has 0 N–H and O–H groups in total. The van der Waals surface area contributed by atoms with Crippen LogP contribution in [-0.4, -0.2) is 43.6 Å². The summed E-state index contributed by atoms with van der Waals surface area (Å²) >= 11 is 0. The second-order valence-corrected chi connectivity index (χ2v) is 8.98.